The normalized spacial score (nSPS) is 12.3. The van der Waals surface area contributed by atoms with E-state index in [-0.39, 0.29) is 0 Å². The Morgan fingerprint density at radius 1 is 1.06 bits per heavy atom. The first-order chi connectivity index (χ1) is 8.86. The molecule has 0 N–H and O–H groups in total. The molecule has 0 aromatic heterocycles. The average Bonchev–Trinajstić information content (AvgIpc) is 2.42. The summed E-state index contributed by atoms with van der Waals surface area (Å²) in [7, 11) is 0.890. The van der Waals surface area contributed by atoms with Gasteiger partial charge in [0.1, 0.15) is 0 Å². The number of rotatable bonds is 10. The van der Waals surface area contributed by atoms with Crippen molar-refractivity contribution in [3.05, 3.63) is 43.0 Å². The van der Waals surface area contributed by atoms with Gasteiger partial charge in [-0.05, 0) is 12.0 Å². The van der Waals surface area contributed by atoms with E-state index in [1.54, 1.807) is 0 Å². The van der Waals surface area contributed by atoms with Crippen LogP contribution in [0.25, 0.3) is 0 Å². The van der Waals surface area contributed by atoms with Gasteiger partial charge < -0.3 is 0 Å². The topological polar surface area (TPSA) is 0 Å². The van der Waals surface area contributed by atoms with Crippen molar-refractivity contribution in [1.82, 2.24) is 0 Å². The maximum atomic E-state index is 3.99. The fourth-order valence-corrected chi connectivity index (χ4v) is 3.42. The van der Waals surface area contributed by atoms with Gasteiger partial charge in [0.05, 0.1) is 9.52 Å². The molecule has 0 spiro atoms. The van der Waals surface area contributed by atoms with Crippen LogP contribution in [-0.4, -0.2) is 9.52 Å². The van der Waals surface area contributed by atoms with Crippen LogP contribution < -0.4 is 5.19 Å². The zero-order chi connectivity index (χ0) is 13.1. The maximum Gasteiger partial charge on any atom is 0.0884 e. The fourth-order valence-electron chi connectivity index (χ4n) is 2.14. The summed E-state index contributed by atoms with van der Waals surface area (Å²) in [6, 6.07) is 10.8. The summed E-state index contributed by atoms with van der Waals surface area (Å²) in [6.07, 6.45) is 11.8. The van der Waals surface area contributed by atoms with Crippen LogP contribution >= 0.6 is 0 Å². The van der Waals surface area contributed by atoms with Gasteiger partial charge in [-0.25, -0.2) is 0 Å². The van der Waals surface area contributed by atoms with E-state index in [4.69, 9.17) is 0 Å². The molecule has 0 aliphatic carbocycles. The number of hydrogen-bond acceptors (Lipinski definition) is 0. The zero-order valence-corrected chi connectivity index (χ0v) is 12.7. The molecule has 0 heterocycles. The molecule has 0 aliphatic rings. The Morgan fingerprint density at radius 3 is 2.39 bits per heavy atom. The van der Waals surface area contributed by atoms with E-state index in [1.807, 2.05) is 0 Å². The van der Waals surface area contributed by atoms with Crippen molar-refractivity contribution in [3.63, 3.8) is 0 Å². The standard InChI is InChI=1S/C17H26Si/c1-3-5-6-7-8-10-13-16(4-2)18-17-14-11-9-12-15-17/h4,9,11-12,14-16H,2-3,5-8,10,13H2,1H3. The van der Waals surface area contributed by atoms with Crippen molar-refractivity contribution >= 4 is 14.7 Å². The lowest BCUT2D eigenvalue weighted by Gasteiger charge is -2.11. The predicted molar refractivity (Wildman–Crippen MR) is 83.8 cm³/mol. The van der Waals surface area contributed by atoms with Crippen LogP contribution in [0, 0.1) is 0 Å². The van der Waals surface area contributed by atoms with Crippen LogP contribution in [0.4, 0.5) is 0 Å². The van der Waals surface area contributed by atoms with E-state index in [2.05, 4.69) is 49.9 Å². The third-order valence-electron chi connectivity index (χ3n) is 3.28. The molecular weight excluding hydrogens is 232 g/mol. The van der Waals surface area contributed by atoms with E-state index < -0.39 is 0 Å². The smallest absolute Gasteiger partial charge is 0.0884 e. The minimum Gasteiger partial charge on any atom is -0.103 e. The van der Waals surface area contributed by atoms with E-state index in [1.165, 1.54) is 50.1 Å². The van der Waals surface area contributed by atoms with Gasteiger partial charge in [-0.2, -0.15) is 0 Å². The molecule has 1 aromatic rings. The van der Waals surface area contributed by atoms with Gasteiger partial charge in [0, 0.05) is 0 Å². The van der Waals surface area contributed by atoms with Gasteiger partial charge in [-0.3, -0.25) is 0 Å². The van der Waals surface area contributed by atoms with Crippen LogP contribution in [-0.2, 0) is 0 Å². The number of hydrogen-bond donors (Lipinski definition) is 0. The molecule has 0 aliphatic heterocycles. The Balaban J connectivity index is 2.16. The summed E-state index contributed by atoms with van der Waals surface area (Å²) in [5.74, 6) is 0. The Morgan fingerprint density at radius 2 is 1.72 bits per heavy atom. The average molecular weight is 258 g/mol. The van der Waals surface area contributed by atoms with Crippen LogP contribution in [0.1, 0.15) is 51.9 Å². The highest BCUT2D eigenvalue weighted by Gasteiger charge is 2.06. The zero-order valence-electron chi connectivity index (χ0n) is 11.7. The first kappa shape index (κ1) is 15.2. The van der Waals surface area contributed by atoms with Crippen molar-refractivity contribution in [2.24, 2.45) is 0 Å². The SMILES string of the molecule is C=CC(CCCCCCCC)[Si]c1ccccc1. The summed E-state index contributed by atoms with van der Waals surface area (Å²) < 4.78 is 0. The van der Waals surface area contributed by atoms with Crippen LogP contribution in [0.15, 0.2) is 43.0 Å². The Labute approximate surface area is 115 Å². The first-order valence-corrected chi connectivity index (χ1v) is 8.38. The van der Waals surface area contributed by atoms with Crippen LogP contribution in [0.2, 0.25) is 5.54 Å². The Bertz CT molecular complexity index is 305. The molecule has 0 bridgehead atoms. The molecule has 0 saturated heterocycles. The van der Waals surface area contributed by atoms with Crippen molar-refractivity contribution < 1.29 is 0 Å². The van der Waals surface area contributed by atoms with Crippen LogP contribution in [0.3, 0.4) is 0 Å². The van der Waals surface area contributed by atoms with Gasteiger partial charge in [0.2, 0.25) is 0 Å². The highest BCUT2D eigenvalue weighted by molar-refractivity contribution is 6.55. The van der Waals surface area contributed by atoms with Gasteiger partial charge in [0.25, 0.3) is 0 Å². The number of unbranched alkanes of at least 4 members (excludes halogenated alkanes) is 5. The molecule has 0 saturated carbocycles. The quantitative estimate of drug-likeness (QED) is 0.323. The lowest BCUT2D eigenvalue weighted by atomic mass is 10.1. The highest BCUT2D eigenvalue weighted by Crippen LogP contribution is 2.16. The van der Waals surface area contributed by atoms with Crippen molar-refractivity contribution in [2.75, 3.05) is 0 Å². The second kappa shape index (κ2) is 10.1. The summed E-state index contributed by atoms with van der Waals surface area (Å²) in [4.78, 5) is 0. The largest absolute Gasteiger partial charge is 0.103 e. The number of allylic oxidation sites excluding steroid dienone is 1. The van der Waals surface area contributed by atoms with Crippen LogP contribution in [0.5, 0.6) is 0 Å². The van der Waals surface area contributed by atoms with Gasteiger partial charge in [-0.1, -0.05) is 87.0 Å². The second-order valence-electron chi connectivity index (χ2n) is 4.91. The lowest BCUT2D eigenvalue weighted by molar-refractivity contribution is 0.591. The third-order valence-corrected chi connectivity index (χ3v) is 4.84. The van der Waals surface area contributed by atoms with Crippen molar-refractivity contribution in [2.45, 2.75) is 57.4 Å². The molecular formula is C17H26Si. The minimum atomic E-state index is 0.679. The summed E-state index contributed by atoms with van der Waals surface area (Å²) in [6.45, 7) is 6.27. The predicted octanol–water partition coefficient (Wildman–Crippen LogP) is 4.74. The summed E-state index contributed by atoms with van der Waals surface area (Å²) in [5, 5.41) is 1.47. The molecule has 0 fully saturated rings. The Kier molecular flexibility index (Phi) is 8.58. The van der Waals surface area contributed by atoms with Gasteiger partial charge in [0.15, 0.2) is 0 Å². The van der Waals surface area contributed by atoms with Crippen molar-refractivity contribution in [1.29, 1.82) is 0 Å². The van der Waals surface area contributed by atoms with E-state index in [9.17, 15) is 0 Å². The molecule has 1 atom stereocenters. The highest BCUT2D eigenvalue weighted by atomic mass is 28.2. The summed E-state index contributed by atoms with van der Waals surface area (Å²) >= 11 is 0. The molecule has 1 rings (SSSR count). The summed E-state index contributed by atoms with van der Waals surface area (Å²) in [5.41, 5.74) is 0.679. The lowest BCUT2D eigenvalue weighted by Crippen LogP contribution is -2.17. The van der Waals surface area contributed by atoms with E-state index in [0.717, 1.165) is 9.52 Å². The fraction of sp³-hybridized carbons (Fsp3) is 0.529. The monoisotopic (exact) mass is 258 g/mol. The minimum absolute atomic E-state index is 0.679. The second-order valence-corrected chi connectivity index (χ2v) is 6.52. The van der Waals surface area contributed by atoms with E-state index in [0.29, 0.717) is 5.54 Å². The molecule has 2 radical (unpaired) electrons. The molecule has 1 unspecified atom stereocenters. The van der Waals surface area contributed by atoms with Gasteiger partial charge >= 0.3 is 0 Å². The van der Waals surface area contributed by atoms with Crippen molar-refractivity contribution in [3.8, 4) is 0 Å². The van der Waals surface area contributed by atoms with Gasteiger partial charge in [-0.15, -0.1) is 6.58 Å². The molecule has 98 valence electrons. The molecule has 0 nitrogen and oxygen atoms in total. The first-order valence-electron chi connectivity index (χ1n) is 7.31. The molecule has 18 heavy (non-hydrogen) atoms. The van der Waals surface area contributed by atoms with E-state index >= 15 is 0 Å². The maximum absolute atomic E-state index is 3.99. The Hall–Kier alpha value is -0.823. The molecule has 1 heteroatoms. The molecule has 0 amide bonds. The molecule has 1 aromatic carbocycles. The number of benzene rings is 1. The third kappa shape index (κ3) is 6.80.